The fourth-order valence-electron chi connectivity index (χ4n) is 8.44. The van der Waals surface area contributed by atoms with Gasteiger partial charge in [-0.05, 0) is 97.1 Å². The molecule has 11 rings (SSSR count). The summed E-state index contributed by atoms with van der Waals surface area (Å²) < 4.78 is 6.09. The molecule has 0 aliphatic carbocycles. The zero-order valence-electron chi connectivity index (χ0n) is 27.9. The topological polar surface area (TPSA) is 82.5 Å². The van der Waals surface area contributed by atoms with Crippen molar-refractivity contribution in [2.45, 2.75) is 0 Å². The van der Waals surface area contributed by atoms with Gasteiger partial charge in [0.05, 0.1) is 38.6 Å². The lowest BCUT2D eigenvalue weighted by Gasteiger charge is -2.19. The van der Waals surface area contributed by atoms with Crippen molar-refractivity contribution < 1.29 is 0 Å². The Morgan fingerprint density at radius 2 is 0.604 bits per heavy atom. The summed E-state index contributed by atoms with van der Waals surface area (Å²) in [7, 11) is 0. The van der Waals surface area contributed by atoms with Gasteiger partial charge in [-0.1, -0.05) is 54.6 Å². The molecule has 0 amide bonds. The van der Waals surface area contributed by atoms with E-state index in [9.17, 15) is 19.2 Å². The molecule has 0 bridgehead atoms. The molecule has 0 unspecified atom stereocenters. The Morgan fingerprint density at radius 1 is 0.283 bits per heavy atom. The van der Waals surface area contributed by atoms with E-state index in [2.05, 4.69) is 0 Å². The summed E-state index contributed by atoms with van der Waals surface area (Å²) >= 11 is 0. The monoisotopic (exact) mass is 683 g/mol. The van der Waals surface area contributed by atoms with Gasteiger partial charge in [0.1, 0.15) is 0 Å². The molecule has 0 saturated heterocycles. The summed E-state index contributed by atoms with van der Waals surface area (Å²) in [5, 5.41) is 4.23. The number of fused-ring (bicyclic) bond motifs is 8. The summed E-state index contributed by atoms with van der Waals surface area (Å²) in [5.74, 6) is 0. The van der Waals surface area contributed by atoms with Crippen LogP contribution < -0.4 is 21.7 Å². The van der Waals surface area contributed by atoms with Crippen LogP contribution in [0.5, 0.6) is 0 Å². The molecule has 7 aromatic carbocycles. The molecule has 0 atom stereocenters. The number of hydrogen-bond acceptors (Lipinski definition) is 4. The molecule has 0 aliphatic heterocycles. The predicted molar refractivity (Wildman–Crippen MR) is 215 cm³/mol. The molecule has 0 N–H and O–H groups in total. The van der Waals surface area contributed by atoms with E-state index in [4.69, 9.17) is 0 Å². The fourth-order valence-corrected chi connectivity index (χ4v) is 8.44. The first kappa shape index (κ1) is 29.4. The maximum absolute atomic E-state index is 14.4. The number of nitrogens with zero attached hydrogens (tertiary/aromatic N) is 3. The molecule has 11 aromatic rings. The molecule has 53 heavy (non-hydrogen) atoms. The molecule has 0 spiro atoms. The molecular formula is C46H25N3O4. The Kier molecular flexibility index (Phi) is 5.86. The smallest absolute Gasteiger partial charge is 0.197 e. The van der Waals surface area contributed by atoms with Crippen LogP contribution in [0.3, 0.4) is 0 Å². The van der Waals surface area contributed by atoms with Crippen molar-refractivity contribution in [2.75, 3.05) is 0 Å². The van der Waals surface area contributed by atoms with Gasteiger partial charge in [-0.3, -0.25) is 19.2 Å². The van der Waals surface area contributed by atoms with Crippen LogP contribution in [0.25, 0.3) is 93.1 Å². The van der Waals surface area contributed by atoms with Crippen molar-refractivity contribution >= 4 is 81.7 Å². The van der Waals surface area contributed by atoms with E-state index in [0.717, 1.165) is 33.4 Å². The molecular weight excluding hydrogens is 659 g/mol. The fraction of sp³-hybridized carbons (Fsp3) is 0. The van der Waals surface area contributed by atoms with Gasteiger partial charge in [-0.15, -0.1) is 0 Å². The van der Waals surface area contributed by atoms with Gasteiger partial charge in [0, 0.05) is 54.5 Å². The van der Waals surface area contributed by atoms with Crippen molar-refractivity contribution in [1.82, 2.24) is 13.5 Å². The lowest BCUT2D eigenvalue weighted by Crippen LogP contribution is -2.15. The lowest BCUT2D eigenvalue weighted by atomic mass is 10.0. The number of rotatable bonds is 2. The third-order valence-corrected chi connectivity index (χ3v) is 10.8. The van der Waals surface area contributed by atoms with Crippen molar-refractivity contribution in [3.8, 4) is 11.4 Å². The number of para-hydroxylation sites is 5. The van der Waals surface area contributed by atoms with Crippen molar-refractivity contribution in [1.29, 1.82) is 0 Å². The van der Waals surface area contributed by atoms with Crippen molar-refractivity contribution in [3.05, 3.63) is 193 Å². The minimum absolute atomic E-state index is 0.0416. The third kappa shape index (κ3) is 3.88. The minimum Gasteiger partial charge on any atom is -0.309 e. The minimum atomic E-state index is -0.177. The first-order valence-electron chi connectivity index (χ1n) is 17.4. The van der Waals surface area contributed by atoms with E-state index < -0.39 is 0 Å². The van der Waals surface area contributed by atoms with Crippen LogP contribution in [0.15, 0.2) is 171 Å². The molecule has 248 valence electrons. The third-order valence-electron chi connectivity index (χ3n) is 10.8. The van der Waals surface area contributed by atoms with Crippen LogP contribution in [-0.4, -0.2) is 13.5 Å². The van der Waals surface area contributed by atoms with E-state index in [1.54, 1.807) is 18.2 Å². The zero-order chi connectivity index (χ0) is 35.5. The molecule has 7 heteroatoms. The van der Waals surface area contributed by atoms with Gasteiger partial charge >= 0.3 is 0 Å². The number of aromatic nitrogens is 3. The lowest BCUT2D eigenvalue weighted by molar-refractivity contribution is 1.16. The number of benzene rings is 7. The molecule has 4 heterocycles. The largest absolute Gasteiger partial charge is 0.309 e. The second kappa shape index (κ2) is 10.6. The standard InChI is InChI=1S/C46H25N3O4/c50-43-28-10-1-5-16-36(28)47(37-17-6-2-11-29(37)43)26-20-22-40-34(24-26)45(52)32-14-9-15-33-42(32)49(40)41-23-21-27(25-35(41)46(33)53)48-38-18-7-3-12-30(38)44(51)31-13-4-8-19-39(31)48/h1-25H. The molecule has 0 fully saturated rings. The zero-order valence-corrected chi connectivity index (χ0v) is 27.9. The molecule has 4 aromatic heterocycles. The van der Waals surface area contributed by atoms with E-state index in [1.807, 2.05) is 147 Å². The Hall–Kier alpha value is -7.38. The Labute approximate surface area is 298 Å². The second-order valence-electron chi connectivity index (χ2n) is 13.5. The van der Waals surface area contributed by atoms with Crippen molar-refractivity contribution in [2.24, 2.45) is 0 Å². The summed E-state index contributed by atoms with van der Waals surface area (Å²) in [5.41, 5.74) is 5.90. The average molecular weight is 684 g/mol. The van der Waals surface area contributed by atoms with Crippen LogP contribution >= 0.6 is 0 Å². The normalized spacial score (nSPS) is 12.1. The van der Waals surface area contributed by atoms with E-state index in [1.165, 1.54) is 0 Å². The maximum Gasteiger partial charge on any atom is 0.197 e. The Morgan fingerprint density at radius 3 is 0.981 bits per heavy atom. The van der Waals surface area contributed by atoms with E-state index in [-0.39, 0.29) is 21.7 Å². The predicted octanol–water partition coefficient (Wildman–Crippen LogP) is 8.47. The van der Waals surface area contributed by atoms with Crippen molar-refractivity contribution in [3.63, 3.8) is 0 Å². The highest BCUT2D eigenvalue weighted by molar-refractivity contribution is 6.08. The van der Waals surface area contributed by atoms with Crippen LogP contribution in [0.1, 0.15) is 0 Å². The quantitative estimate of drug-likeness (QED) is 0.135. The van der Waals surface area contributed by atoms with Crippen LogP contribution in [0.4, 0.5) is 0 Å². The van der Waals surface area contributed by atoms with E-state index >= 15 is 0 Å². The van der Waals surface area contributed by atoms with Crippen LogP contribution in [0.2, 0.25) is 0 Å². The Bertz CT molecular complexity index is 3320. The summed E-state index contributed by atoms with van der Waals surface area (Å²) in [6, 6.07) is 46.9. The van der Waals surface area contributed by atoms with Crippen LogP contribution in [-0.2, 0) is 0 Å². The highest BCUT2D eigenvalue weighted by atomic mass is 16.1. The van der Waals surface area contributed by atoms with Gasteiger partial charge in [-0.2, -0.15) is 0 Å². The first-order chi connectivity index (χ1) is 26.0. The number of hydrogen-bond donors (Lipinski definition) is 0. The summed E-state index contributed by atoms with van der Waals surface area (Å²) in [6.07, 6.45) is 0. The van der Waals surface area contributed by atoms with Gasteiger partial charge in [0.25, 0.3) is 0 Å². The van der Waals surface area contributed by atoms with Gasteiger partial charge < -0.3 is 13.5 Å². The van der Waals surface area contributed by atoms with E-state index in [0.29, 0.717) is 59.6 Å². The summed E-state index contributed by atoms with van der Waals surface area (Å²) in [6.45, 7) is 0. The summed E-state index contributed by atoms with van der Waals surface area (Å²) in [4.78, 5) is 55.8. The van der Waals surface area contributed by atoms with Gasteiger partial charge in [0.15, 0.2) is 21.7 Å². The van der Waals surface area contributed by atoms with Gasteiger partial charge in [0.2, 0.25) is 0 Å². The average Bonchev–Trinajstić information content (AvgIpc) is 3.21. The maximum atomic E-state index is 14.4. The highest BCUT2D eigenvalue weighted by Crippen LogP contribution is 2.32. The van der Waals surface area contributed by atoms with Gasteiger partial charge in [-0.25, -0.2) is 0 Å². The molecule has 0 saturated carbocycles. The second-order valence-corrected chi connectivity index (χ2v) is 13.5. The first-order valence-corrected chi connectivity index (χ1v) is 17.4. The molecule has 0 radical (unpaired) electrons. The highest BCUT2D eigenvalue weighted by Gasteiger charge is 2.20. The molecule has 0 aliphatic rings. The number of pyridine rings is 4. The Balaban J connectivity index is 1.25. The molecule has 7 nitrogen and oxygen atoms in total. The SMILES string of the molecule is O=c1c2ccccc2n(-c2ccc3c(c2)c(=O)c2cccc4c(=O)c5cc(-n6c7ccccc7c(=O)c7ccccc76)ccc5n3c24)c2ccccc12. The van der Waals surface area contributed by atoms with Crippen LogP contribution in [0, 0.1) is 0 Å².